The second-order valence-electron chi connectivity index (χ2n) is 6.69. The van der Waals surface area contributed by atoms with E-state index in [4.69, 9.17) is 5.11 Å². The zero-order valence-electron chi connectivity index (χ0n) is 13.4. The number of amides is 1. The third-order valence-electron chi connectivity index (χ3n) is 3.96. The summed E-state index contributed by atoms with van der Waals surface area (Å²) in [6.07, 6.45) is 1.93. The molecule has 1 saturated heterocycles. The van der Waals surface area contributed by atoms with E-state index in [1.165, 1.54) is 11.1 Å². The summed E-state index contributed by atoms with van der Waals surface area (Å²) in [6.45, 7) is 7.58. The van der Waals surface area contributed by atoms with Gasteiger partial charge in [-0.15, -0.1) is 0 Å². The van der Waals surface area contributed by atoms with Crippen LogP contribution in [0.1, 0.15) is 50.2 Å². The molecule has 2 rings (SSSR count). The van der Waals surface area contributed by atoms with Crippen molar-refractivity contribution < 1.29 is 19.1 Å². The van der Waals surface area contributed by atoms with Gasteiger partial charge < -0.3 is 10.0 Å². The molecule has 1 aromatic heterocycles. The van der Waals surface area contributed by atoms with Crippen LogP contribution in [0.15, 0.2) is 6.20 Å². The maximum absolute atomic E-state index is 14.1. The average molecular weight is 311 g/mol. The number of nitrogens with zero attached hydrogens (tertiary/aromatic N) is 3. The van der Waals surface area contributed by atoms with Crippen molar-refractivity contribution >= 4 is 11.9 Å². The van der Waals surface area contributed by atoms with Crippen LogP contribution < -0.4 is 0 Å². The standard InChI is InChI=1S/C15H22FN3O3/c1-5-11-10(8-17-19(11)14(2,3)4)12(20)18-7-6-15(16,9-18)13(21)22/h8H,5-7,9H2,1-4H3,(H,21,22). The molecule has 6 nitrogen and oxygen atoms in total. The number of carbonyl (C=O) groups is 2. The van der Waals surface area contributed by atoms with Gasteiger partial charge in [-0.2, -0.15) is 5.10 Å². The summed E-state index contributed by atoms with van der Waals surface area (Å²) >= 11 is 0. The minimum atomic E-state index is -2.35. The van der Waals surface area contributed by atoms with E-state index in [1.807, 2.05) is 27.7 Å². The molecule has 2 heterocycles. The summed E-state index contributed by atoms with van der Waals surface area (Å²) in [7, 11) is 0. The molecular formula is C15H22FN3O3. The Morgan fingerprint density at radius 2 is 2.09 bits per heavy atom. The number of alkyl halides is 1. The highest BCUT2D eigenvalue weighted by Gasteiger charge is 2.47. The molecule has 1 aliphatic heterocycles. The lowest BCUT2D eigenvalue weighted by Crippen LogP contribution is -2.39. The van der Waals surface area contributed by atoms with E-state index in [0.717, 1.165) is 5.69 Å². The summed E-state index contributed by atoms with van der Waals surface area (Å²) in [6, 6.07) is 0. The fraction of sp³-hybridized carbons (Fsp3) is 0.667. The number of hydrogen-bond acceptors (Lipinski definition) is 3. The molecule has 1 N–H and O–H groups in total. The van der Waals surface area contributed by atoms with Crippen molar-refractivity contribution in [1.29, 1.82) is 0 Å². The third kappa shape index (κ3) is 2.71. The summed E-state index contributed by atoms with van der Waals surface area (Å²) in [5.74, 6) is -1.86. The Balaban J connectivity index is 2.29. The number of hydrogen-bond donors (Lipinski definition) is 1. The molecule has 1 unspecified atom stereocenters. The maximum Gasteiger partial charge on any atom is 0.343 e. The van der Waals surface area contributed by atoms with Gasteiger partial charge in [0, 0.05) is 13.0 Å². The number of aromatic nitrogens is 2. The zero-order valence-corrected chi connectivity index (χ0v) is 13.4. The summed E-state index contributed by atoms with van der Waals surface area (Å²) < 4.78 is 15.9. The Labute approximate surface area is 128 Å². The van der Waals surface area contributed by atoms with Crippen molar-refractivity contribution in [1.82, 2.24) is 14.7 Å². The number of rotatable bonds is 3. The van der Waals surface area contributed by atoms with Crippen LogP contribution in [0, 0.1) is 0 Å². The number of likely N-dealkylation sites (tertiary alicyclic amines) is 1. The molecular weight excluding hydrogens is 289 g/mol. The van der Waals surface area contributed by atoms with Crippen LogP contribution in [0.5, 0.6) is 0 Å². The Kier molecular flexibility index (Phi) is 4.02. The molecule has 0 aromatic carbocycles. The first kappa shape index (κ1) is 16.5. The molecule has 0 spiro atoms. The number of aliphatic carboxylic acids is 1. The van der Waals surface area contributed by atoms with E-state index in [9.17, 15) is 14.0 Å². The van der Waals surface area contributed by atoms with E-state index >= 15 is 0 Å². The van der Waals surface area contributed by atoms with E-state index in [-0.39, 0.29) is 24.4 Å². The molecule has 122 valence electrons. The zero-order chi connectivity index (χ0) is 16.7. The van der Waals surface area contributed by atoms with Gasteiger partial charge in [0.2, 0.25) is 5.67 Å². The molecule has 1 atom stereocenters. The molecule has 1 fully saturated rings. The van der Waals surface area contributed by atoms with Gasteiger partial charge in [0.15, 0.2) is 0 Å². The van der Waals surface area contributed by atoms with Crippen molar-refractivity contribution in [2.75, 3.05) is 13.1 Å². The normalized spacial score (nSPS) is 22.1. The Morgan fingerprint density at radius 3 is 2.55 bits per heavy atom. The van der Waals surface area contributed by atoms with Crippen LogP contribution >= 0.6 is 0 Å². The first-order valence-corrected chi connectivity index (χ1v) is 7.39. The maximum atomic E-state index is 14.1. The Bertz CT molecular complexity index is 606. The van der Waals surface area contributed by atoms with Gasteiger partial charge in [-0.05, 0) is 27.2 Å². The minimum absolute atomic E-state index is 0.103. The fourth-order valence-electron chi connectivity index (χ4n) is 2.76. The second kappa shape index (κ2) is 5.37. The van der Waals surface area contributed by atoms with Gasteiger partial charge in [0.1, 0.15) is 0 Å². The van der Waals surface area contributed by atoms with Gasteiger partial charge in [-0.25, -0.2) is 9.18 Å². The van der Waals surface area contributed by atoms with Gasteiger partial charge >= 0.3 is 5.97 Å². The second-order valence-corrected chi connectivity index (χ2v) is 6.69. The number of carboxylic acids is 1. The summed E-state index contributed by atoms with van der Waals surface area (Å²) in [5, 5.41) is 13.2. The molecule has 7 heteroatoms. The topological polar surface area (TPSA) is 75.4 Å². The molecule has 22 heavy (non-hydrogen) atoms. The highest BCUT2D eigenvalue weighted by molar-refractivity contribution is 5.96. The highest BCUT2D eigenvalue weighted by Crippen LogP contribution is 2.28. The van der Waals surface area contributed by atoms with Gasteiger partial charge in [0.05, 0.1) is 29.5 Å². The highest BCUT2D eigenvalue weighted by atomic mass is 19.1. The van der Waals surface area contributed by atoms with Crippen molar-refractivity contribution in [2.45, 2.75) is 51.7 Å². The van der Waals surface area contributed by atoms with Crippen LogP contribution in [0.25, 0.3) is 0 Å². The van der Waals surface area contributed by atoms with Crippen molar-refractivity contribution in [3.05, 3.63) is 17.5 Å². The molecule has 0 bridgehead atoms. The van der Waals surface area contributed by atoms with E-state index < -0.39 is 18.2 Å². The number of halogens is 1. The molecule has 0 radical (unpaired) electrons. The molecule has 1 amide bonds. The van der Waals surface area contributed by atoms with Crippen LogP contribution in [0.4, 0.5) is 4.39 Å². The van der Waals surface area contributed by atoms with Gasteiger partial charge in [-0.1, -0.05) is 6.92 Å². The monoisotopic (exact) mass is 311 g/mol. The smallest absolute Gasteiger partial charge is 0.343 e. The lowest BCUT2D eigenvalue weighted by Gasteiger charge is -2.23. The minimum Gasteiger partial charge on any atom is -0.479 e. The lowest BCUT2D eigenvalue weighted by molar-refractivity contribution is -0.149. The van der Waals surface area contributed by atoms with Crippen LogP contribution in [-0.2, 0) is 16.8 Å². The van der Waals surface area contributed by atoms with Crippen molar-refractivity contribution in [3.8, 4) is 0 Å². The van der Waals surface area contributed by atoms with E-state index in [2.05, 4.69) is 5.10 Å². The predicted octanol–water partition coefficient (Wildman–Crippen LogP) is 1.84. The fourth-order valence-corrected chi connectivity index (χ4v) is 2.76. The first-order chi connectivity index (χ1) is 10.1. The van der Waals surface area contributed by atoms with Crippen LogP contribution in [0.3, 0.4) is 0 Å². The summed E-state index contributed by atoms with van der Waals surface area (Å²) in [5.41, 5.74) is -1.40. The van der Waals surface area contributed by atoms with Crippen LogP contribution in [0.2, 0.25) is 0 Å². The van der Waals surface area contributed by atoms with Crippen LogP contribution in [-0.4, -0.2) is 50.4 Å². The molecule has 0 saturated carbocycles. The predicted molar refractivity (Wildman–Crippen MR) is 78.6 cm³/mol. The number of carbonyl (C=O) groups excluding carboxylic acids is 1. The van der Waals surface area contributed by atoms with E-state index in [0.29, 0.717) is 12.0 Å². The average Bonchev–Trinajstić information content (AvgIpc) is 3.01. The molecule has 0 aliphatic carbocycles. The largest absolute Gasteiger partial charge is 0.479 e. The molecule has 1 aromatic rings. The van der Waals surface area contributed by atoms with E-state index in [1.54, 1.807) is 4.68 Å². The lowest BCUT2D eigenvalue weighted by atomic mass is 10.1. The third-order valence-corrected chi connectivity index (χ3v) is 3.96. The van der Waals surface area contributed by atoms with Crippen molar-refractivity contribution in [2.24, 2.45) is 0 Å². The van der Waals surface area contributed by atoms with Gasteiger partial charge in [0.25, 0.3) is 5.91 Å². The Hall–Kier alpha value is -1.92. The van der Waals surface area contributed by atoms with Crippen molar-refractivity contribution in [3.63, 3.8) is 0 Å². The summed E-state index contributed by atoms with van der Waals surface area (Å²) in [4.78, 5) is 24.8. The number of carboxylic acid groups (broad SMARTS) is 1. The Morgan fingerprint density at radius 1 is 1.45 bits per heavy atom. The SMILES string of the molecule is CCc1c(C(=O)N2CCC(F)(C(=O)O)C2)cnn1C(C)(C)C. The quantitative estimate of drug-likeness (QED) is 0.924. The first-order valence-electron chi connectivity index (χ1n) is 7.39. The molecule has 1 aliphatic rings. The van der Waals surface area contributed by atoms with Gasteiger partial charge in [-0.3, -0.25) is 9.48 Å².